The monoisotopic (exact) mass is 349 g/mol. The SMILES string of the molecule is C#CC(C)(O)C(=O)C[C@H]1CC=C[C@@H](C)[C@H]1C(O[Si](C)C)C(C)(C)C. The quantitative estimate of drug-likeness (QED) is 0.450. The molecule has 0 aromatic carbocycles. The summed E-state index contributed by atoms with van der Waals surface area (Å²) in [7, 11) is -0.862. The minimum absolute atomic E-state index is 0.0119. The van der Waals surface area contributed by atoms with Gasteiger partial charge in [-0.25, -0.2) is 0 Å². The lowest BCUT2D eigenvalue weighted by atomic mass is 9.65. The zero-order valence-electron chi connectivity index (χ0n) is 16.2. The number of allylic oxidation sites excluding steroid dienone is 2. The van der Waals surface area contributed by atoms with Crippen LogP contribution in [0.15, 0.2) is 12.2 Å². The molecule has 24 heavy (non-hydrogen) atoms. The van der Waals surface area contributed by atoms with Gasteiger partial charge in [-0.1, -0.05) is 45.8 Å². The zero-order chi connectivity index (χ0) is 18.7. The van der Waals surface area contributed by atoms with Crippen LogP contribution >= 0.6 is 0 Å². The first kappa shape index (κ1) is 21.2. The highest BCUT2D eigenvalue weighted by Crippen LogP contribution is 2.43. The molecular formula is C20H33O3Si. The largest absolute Gasteiger partial charge is 0.413 e. The Hall–Kier alpha value is -0.893. The summed E-state index contributed by atoms with van der Waals surface area (Å²) in [6, 6.07) is 0. The molecule has 3 nitrogen and oxygen atoms in total. The van der Waals surface area contributed by atoms with Crippen molar-refractivity contribution in [2.45, 2.75) is 72.3 Å². The van der Waals surface area contributed by atoms with Crippen LogP contribution < -0.4 is 0 Å². The second-order valence-electron chi connectivity index (χ2n) is 8.52. The van der Waals surface area contributed by atoms with Crippen molar-refractivity contribution < 1.29 is 14.3 Å². The van der Waals surface area contributed by atoms with E-state index in [1.54, 1.807) is 0 Å². The van der Waals surface area contributed by atoms with Crippen LogP contribution in [0.4, 0.5) is 0 Å². The molecule has 0 amide bonds. The predicted octanol–water partition coefficient (Wildman–Crippen LogP) is 3.84. The van der Waals surface area contributed by atoms with Crippen molar-refractivity contribution in [1.29, 1.82) is 0 Å². The van der Waals surface area contributed by atoms with Gasteiger partial charge in [0.05, 0.1) is 6.10 Å². The van der Waals surface area contributed by atoms with Gasteiger partial charge in [0.2, 0.25) is 9.04 Å². The molecule has 5 atom stereocenters. The van der Waals surface area contributed by atoms with Crippen LogP contribution in [0.2, 0.25) is 13.1 Å². The average molecular weight is 350 g/mol. The van der Waals surface area contributed by atoms with E-state index in [4.69, 9.17) is 10.8 Å². The van der Waals surface area contributed by atoms with E-state index < -0.39 is 14.6 Å². The topological polar surface area (TPSA) is 46.5 Å². The van der Waals surface area contributed by atoms with Gasteiger partial charge in [-0.15, -0.1) is 6.42 Å². The smallest absolute Gasteiger partial charge is 0.205 e. The predicted molar refractivity (Wildman–Crippen MR) is 101 cm³/mol. The summed E-state index contributed by atoms with van der Waals surface area (Å²) in [5.74, 6) is 2.66. The van der Waals surface area contributed by atoms with Gasteiger partial charge in [-0.05, 0) is 49.6 Å². The highest BCUT2D eigenvalue weighted by Gasteiger charge is 2.43. The molecule has 0 heterocycles. The molecule has 135 valence electrons. The second-order valence-corrected chi connectivity index (χ2v) is 10.6. The highest BCUT2D eigenvalue weighted by molar-refractivity contribution is 6.48. The fourth-order valence-electron chi connectivity index (χ4n) is 3.53. The maximum Gasteiger partial charge on any atom is 0.205 e. The molecule has 1 rings (SSSR count). The number of ketones is 1. The standard InChI is InChI=1S/C20H33O3Si/c1-9-20(6,22)16(21)13-15-12-10-11-14(2)17(15)18(19(3,4)5)23-24(7)8/h1,10-11,14-15,17-18,22H,12-13H2,2-8H3/t14-,15-,17-,18?,20?/m1/s1. The van der Waals surface area contributed by atoms with Crippen LogP contribution in [0.1, 0.15) is 47.5 Å². The highest BCUT2D eigenvalue weighted by atomic mass is 28.3. The molecule has 0 fully saturated rings. The van der Waals surface area contributed by atoms with Crippen LogP contribution in [0.25, 0.3) is 0 Å². The molecule has 2 unspecified atom stereocenters. The van der Waals surface area contributed by atoms with E-state index in [0.717, 1.165) is 6.42 Å². The van der Waals surface area contributed by atoms with E-state index in [0.29, 0.717) is 12.3 Å². The van der Waals surface area contributed by atoms with Crippen LogP contribution in [-0.4, -0.2) is 31.6 Å². The van der Waals surface area contributed by atoms with Gasteiger partial charge >= 0.3 is 0 Å². The van der Waals surface area contributed by atoms with Gasteiger partial charge in [0.25, 0.3) is 0 Å². The number of aliphatic hydroxyl groups is 1. The Balaban J connectivity index is 3.11. The van der Waals surface area contributed by atoms with Gasteiger partial charge in [-0.2, -0.15) is 0 Å². The molecule has 0 aromatic rings. The van der Waals surface area contributed by atoms with Crippen LogP contribution in [0.5, 0.6) is 0 Å². The summed E-state index contributed by atoms with van der Waals surface area (Å²) in [6.07, 6.45) is 10.9. The molecule has 4 heteroatoms. The van der Waals surface area contributed by atoms with Crippen molar-refractivity contribution in [1.82, 2.24) is 0 Å². The molecule has 0 aliphatic heterocycles. The number of terminal acetylenes is 1. The van der Waals surface area contributed by atoms with Gasteiger partial charge in [0, 0.05) is 6.42 Å². The molecule has 0 bridgehead atoms. The van der Waals surface area contributed by atoms with Crippen LogP contribution in [-0.2, 0) is 9.22 Å². The van der Waals surface area contributed by atoms with Gasteiger partial charge < -0.3 is 9.53 Å². The molecule has 0 saturated carbocycles. The van der Waals surface area contributed by atoms with E-state index in [1.165, 1.54) is 6.92 Å². The molecule has 1 radical (unpaired) electrons. The summed E-state index contributed by atoms with van der Waals surface area (Å²) in [4.78, 5) is 12.5. The Morgan fingerprint density at radius 1 is 1.42 bits per heavy atom. The Kier molecular flexibility index (Phi) is 7.04. The minimum Gasteiger partial charge on any atom is -0.413 e. The van der Waals surface area contributed by atoms with Gasteiger partial charge in [-0.3, -0.25) is 4.79 Å². The van der Waals surface area contributed by atoms with Gasteiger partial charge in [0.1, 0.15) is 0 Å². The first-order chi connectivity index (χ1) is 10.9. The van der Waals surface area contributed by atoms with Crippen molar-refractivity contribution in [3.8, 4) is 12.3 Å². The van der Waals surface area contributed by atoms with Crippen molar-refractivity contribution in [3.63, 3.8) is 0 Å². The minimum atomic E-state index is -1.68. The molecule has 1 aliphatic carbocycles. The Morgan fingerprint density at radius 3 is 2.46 bits per heavy atom. The summed E-state index contributed by atoms with van der Waals surface area (Å²) < 4.78 is 6.40. The molecule has 0 aromatic heterocycles. The van der Waals surface area contributed by atoms with Crippen molar-refractivity contribution in [2.24, 2.45) is 23.2 Å². The number of carbonyl (C=O) groups excluding carboxylic acids is 1. The van der Waals surface area contributed by atoms with E-state index in [-0.39, 0.29) is 29.1 Å². The third-order valence-electron chi connectivity index (χ3n) is 4.87. The van der Waals surface area contributed by atoms with Crippen molar-refractivity contribution >= 4 is 14.8 Å². The summed E-state index contributed by atoms with van der Waals surface area (Å²) >= 11 is 0. The summed E-state index contributed by atoms with van der Waals surface area (Å²) in [6.45, 7) is 14.5. The number of hydrogen-bond donors (Lipinski definition) is 1. The lowest BCUT2D eigenvalue weighted by Gasteiger charge is -2.45. The number of Topliss-reactive ketones (excluding diaryl/α,β-unsaturated/α-hetero) is 1. The number of rotatable bonds is 6. The first-order valence-electron chi connectivity index (χ1n) is 8.77. The lowest BCUT2D eigenvalue weighted by Crippen LogP contribution is -2.47. The second kappa shape index (κ2) is 7.99. The van der Waals surface area contributed by atoms with E-state index >= 15 is 0 Å². The molecular weight excluding hydrogens is 316 g/mol. The Morgan fingerprint density at radius 2 is 2.00 bits per heavy atom. The maximum atomic E-state index is 12.5. The first-order valence-corrected chi connectivity index (χ1v) is 11.2. The zero-order valence-corrected chi connectivity index (χ0v) is 17.2. The normalized spacial score (nSPS) is 28.2. The third kappa shape index (κ3) is 5.30. The van der Waals surface area contributed by atoms with Crippen molar-refractivity contribution in [2.75, 3.05) is 0 Å². The molecule has 0 spiro atoms. The van der Waals surface area contributed by atoms with Crippen LogP contribution in [0, 0.1) is 35.5 Å². The fourth-order valence-corrected chi connectivity index (χ4v) is 4.55. The summed E-state index contributed by atoms with van der Waals surface area (Å²) in [5.41, 5.74) is -1.69. The number of hydrogen-bond acceptors (Lipinski definition) is 3. The fraction of sp³-hybridized carbons (Fsp3) is 0.750. The average Bonchev–Trinajstić information content (AvgIpc) is 2.44. The third-order valence-corrected chi connectivity index (χ3v) is 5.59. The Bertz CT molecular complexity index is 508. The lowest BCUT2D eigenvalue weighted by molar-refractivity contribution is -0.133. The summed E-state index contributed by atoms with van der Waals surface area (Å²) in [5, 5.41) is 10.1. The maximum absolute atomic E-state index is 12.5. The van der Waals surface area contributed by atoms with Crippen molar-refractivity contribution in [3.05, 3.63) is 12.2 Å². The van der Waals surface area contributed by atoms with Crippen LogP contribution in [0.3, 0.4) is 0 Å². The number of carbonyl (C=O) groups is 1. The van der Waals surface area contributed by atoms with E-state index in [2.05, 4.69) is 58.9 Å². The van der Waals surface area contributed by atoms with Gasteiger partial charge in [0.15, 0.2) is 11.4 Å². The van der Waals surface area contributed by atoms with E-state index in [1.807, 2.05) is 0 Å². The molecule has 1 aliphatic rings. The Labute approximate surface area is 149 Å². The molecule has 0 saturated heterocycles. The molecule has 1 N–H and O–H groups in total. The van der Waals surface area contributed by atoms with E-state index in [9.17, 15) is 9.90 Å².